The van der Waals surface area contributed by atoms with Crippen LogP contribution in [0.5, 0.6) is 0 Å². The van der Waals surface area contributed by atoms with Crippen molar-refractivity contribution in [3.8, 4) is 0 Å². The molecule has 0 saturated heterocycles. The number of likely N-dealkylation sites (N-methyl/N-ethyl adjacent to an activating group) is 1. The molecule has 0 radical (unpaired) electrons. The van der Waals surface area contributed by atoms with Gasteiger partial charge in [-0.1, -0.05) is 6.58 Å². The zero-order valence-corrected chi connectivity index (χ0v) is 12.0. The number of nitrogens with zero attached hydrogens (tertiary/aromatic N) is 1. The lowest BCUT2D eigenvalue weighted by molar-refractivity contribution is -0.931. The topological polar surface area (TPSA) is 92.5 Å². The van der Waals surface area contributed by atoms with Crippen LogP contribution in [0.3, 0.4) is 0 Å². The molecule has 0 amide bonds. The average Bonchev–Trinajstić information content (AvgIpc) is 2.34. The minimum Gasteiger partial charge on any atom is -0.550 e. The molecule has 0 bridgehead atoms. The molecule has 6 nitrogen and oxygen atoms in total. The molecule has 2 unspecified atom stereocenters. The number of carboxylic acids is 1. The summed E-state index contributed by atoms with van der Waals surface area (Å²) in [6.07, 6.45) is 0.487. The van der Waals surface area contributed by atoms with Crippen LogP contribution < -0.4 is 10.8 Å². The molecule has 0 spiro atoms. The minimum atomic E-state index is -1.06. The number of quaternary nitrogens is 1. The molecule has 0 aromatic rings. The Morgan fingerprint density at radius 2 is 2.05 bits per heavy atom. The Bertz CT molecular complexity index is 344. The molecule has 6 heteroatoms. The maximum absolute atomic E-state index is 11.3. The number of carbonyl (C=O) groups is 2. The second kappa shape index (κ2) is 7.91. The largest absolute Gasteiger partial charge is 0.550 e. The van der Waals surface area contributed by atoms with Gasteiger partial charge in [-0.3, -0.25) is 5.73 Å². The Morgan fingerprint density at radius 1 is 1.47 bits per heavy atom. The molecule has 0 rings (SSSR count). The molecule has 0 aromatic heterocycles. The third kappa shape index (κ3) is 6.35. The molecular weight excluding hydrogens is 248 g/mol. The predicted octanol–water partition coefficient (Wildman–Crippen LogP) is -0.613. The Kier molecular flexibility index (Phi) is 7.33. The summed E-state index contributed by atoms with van der Waals surface area (Å²) in [6.45, 7) is 8.18. The summed E-state index contributed by atoms with van der Waals surface area (Å²) in [7, 11) is 1.91. The predicted molar refractivity (Wildman–Crippen MR) is 69.6 cm³/mol. The highest BCUT2D eigenvalue weighted by atomic mass is 16.5. The first-order chi connectivity index (χ1) is 8.73. The number of aliphatic carboxylic acids is 1. The van der Waals surface area contributed by atoms with E-state index >= 15 is 0 Å². The summed E-state index contributed by atoms with van der Waals surface area (Å²) in [6, 6.07) is -0.0185. The summed E-state index contributed by atoms with van der Waals surface area (Å²) < 4.78 is 5.54. The Balaban J connectivity index is 4.34. The van der Waals surface area contributed by atoms with E-state index in [1.54, 1.807) is 6.92 Å². The van der Waals surface area contributed by atoms with Gasteiger partial charge in [0.1, 0.15) is 19.3 Å². The van der Waals surface area contributed by atoms with Gasteiger partial charge in [0, 0.05) is 18.0 Å². The standard InChI is InChI=1S/C13H24N2O4/c1-10(2)13(18)19-8-11(3)15(4,9-14)7-5-6-12(16)17/h11H,1,5-9,14H2,2-4H3. The number of ether oxygens (including phenoxy) is 1. The molecule has 0 aliphatic carbocycles. The number of hydrogen-bond donors (Lipinski definition) is 1. The summed E-state index contributed by atoms with van der Waals surface area (Å²) in [5, 5.41) is 10.4. The van der Waals surface area contributed by atoms with Gasteiger partial charge in [-0.15, -0.1) is 0 Å². The van der Waals surface area contributed by atoms with Crippen LogP contribution in [0.2, 0.25) is 0 Å². The Morgan fingerprint density at radius 3 is 2.47 bits per heavy atom. The smallest absolute Gasteiger partial charge is 0.333 e. The number of hydrogen-bond acceptors (Lipinski definition) is 5. The fraction of sp³-hybridized carbons (Fsp3) is 0.692. The highest BCUT2D eigenvalue weighted by molar-refractivity contribution is 5.86. The van der Waals surface area contributed by atoms with Crippen LogP contribution >= 0.6 is 0 Å². The molecule has 0 fully saturated rings. The highest BCUT2D eigenvalue weighted by Gasteiger charge is 2.28. The van der Waals surface area contributed by atoms with E-state index in [2.05, 4.69) is 6.58 Å². The van der Waals surface area contributed by atoms with E-state index in [1.807, 2.05) is 14.0 Å². The molecule has 0 aliphatic rings. The van der Waals surface area contributed by atoms with Crippen LogP contribution in [-0.2, 0) is 14.3 Å². The molecule has 2 N–H and O–H groups in total. The maximum atomic E-state index is 11.3. The van der Waals surface area contributed by atoms with Crippen LogP contribution in [0.15, 0.2) is 12.2 Å². The van der Waals surface area contributed by atoms with E-state index in [0.717, 1.165) is 0 Å². The monoisotopic (exact) mass is 272 g/mol. The Hall–Kier alpha value is -1.40. The number of carboxylic acid groups (broad SMARTS) is 1. The van der Waals surface area contributed by atoms with Crippen molar-refractivity contribution in [1.82, 2.24) is 0 Å². The van der Waals surface area contributed by atoms with Crippen LogP contribution in [-0.4, -0.2) is 49.3 Å². The summed E-state index contributed by atoms with van der Waals surface area (Å²) in [5.41, 5.74) is 6.10. The maximum Gasteiger partial charge on any atom is 0.333 e. The lowest BCUT2D eigenvalue weighted by Gasteiger charge is -2.38. The Labute approximate surface area is 114 Å². The van der Waals surface area contributed by atoms with E-state index in [1.165, 1.54) is 0 Å². The van der Waals surface area contributed by atoms with Crippen LogP contribution in [0.25, 0.3) is 0 Å². The molecular formula is C13H24N2O4. The number of nitrogens with two attached hydrogens (primary N) is 1. The molecule has 0 heterocycles. The first-order valence-corrected chi connectivity index (χ1v) is 6.29. The van der Waals surface area contributed by atoms with Gasteiger partial charge >= 0.3 is 5.97 Å². The van der Waals surface area contributed by atoms with Crippen LogP contribution in [0.1, 0.15) is 26.7 Å². The minimum absolute atomic E-state index is 0.00607. The van der Waals surface area contributed by atoms with Gasteiger partial charge in [-0.05, 0) is 20.3 Å². The number of esters is 1. The molecule has 19 heavy (non-hydrogen) atoms. The van der Waals surface area contributed by atoms with Crippen molar-refractivity contribution in [1.29, 1.82) is 0 Å². The normalized spacial score (nSPS) is 15.4. The van der Waals surface area contributed by atoms with E-state index in [0.29, 0.717) is 29.7 Å². The molecule has 0 saturated carbocycles. The average molecular weight is 272 g/mol. The zero-order chi connectivity index (χ0) is 15.1. The van der Waals surface area contributed by atoms with Crippen molar-refractivity contribution in [2.45, 2.75) is 32.7 Å². The van der Waals surface area contributed by atoms with Gasteiger partial charge in [-0.25, -0.2) is 4.79 Å². The molecule has 2 atom stereocenters. The number of rotatable bonds is 9. The second-order valence-electron chi connectivity index (χ2n) is 5.09. The first-order valence-electron chi connectivity index (χ1n) is 6.29. The van der Waals surface area contributed by atoms with Crippen molar-refractivity contribution in [3.63, 3.8) is 0 Å². The summed E-state index contributed by atoms with van der Waals surface area (Å²) >= 11 is 0. The van der Waals surface area contributed by atoms with E-state index < -0.39 is 11.9 Å². The lowest BCUT2D eigenvalue weighted by atomic mass is 10.2. The SMILES string of the molecule is C=C(C)C(=O)OCC(C)[N+](C)(CN)CCCC(=O)[O-]. The van der Waals surface area contributed by atoms with Crippen molar-refractivity contribution >= 4 is 11.9 Å². The van der Waals surface area contributed by atoms with E-state index in [4.69, 9.17) is 10.5 Å². The summed E-state index contributed by atoms with van der Waals surface area (Å²) in [4.78, 5) is 21.7. The molecule has 110 valence electrons. The molecule has 0 aromatic carbocycles. The van der Waals surface area contributed by atoms with Crippen LogP contribution in [0, 0.1) is 0 Å². The van der Waals surface area contributed by atoms with Gasteiger partial charge in [0.05, 0.1) is 13.6 Å². The third-order valence-corrected chi connectivity index (χ3v) is 3.34. The zero-order valence-electron chi connectivity index (χ0n) is 12.0. The second-order valence-corrected chi connectivity index (χ2v) is 5.09. The van der Waals surface area contributed by atoms with Gasteiger partial charge in [0.2, 0.25) is 0 Å². The van der Waals surface area contributed by atoms with Crippen molar-refractivity contribution in [2.75, 3.05) is 26.9 Å². The van der Waals surface area contributed by atoms with Crippen molar-refractivity contribution in [2.24, 2.45) is 5.73 Å². The lowest BCUT2D eigenvalue weighted by Crippen LogP contribution is -2.56. The van der Waals surface area contributed by atoms with Crippen molar-refractivity contribution in [3.05, 3.63) is 12.2 Å². The summed E-state index contributed by atoms with van der Waals surface area (Å²) in [5.74, 6) is -1.49. The fourth-order valence-electron chi connectivity index (χ4n) is 1.58. The first kappa shape index (κ1) is 17.6. The van der Waals surface area contributed by atoms with Gasteiger partial charge in [-0.2, -0.15) is 0 Å². The van der Waals surface area contributed by atoms with Crippen molar-refractivity contribution < 1.29 is 23.9 Å². The fourth-order valence-corrected chi connectivity index (χ4v) is 1.58. The quantitative estimate of drug-likeness (QED) is 0.261. The molecule has 0 aliphatic heterocycles. The van der Waals surface area contributed by atoms with Gasteiger partial charge in [0.25, 0.3) is 0 Å². The highest BCUT2D eigenvalue weighted by Crippen LogP contribution is 2.12. The van der Waals surface area contributed by atoms with E-state index in [-0.39, 0.29) is 19.1 Å². The number of carbonyl (C=O) groups excluding carboxylic acids is 2. The van der Waals surface area contributed by atoms with Gasteiger partial charge < -0.3 is 19.1 Å². The van der Waals surface area contributed by atoms with Crippen LogP contribution in [0.4, 0.5) is 0 Å². The third-order valence-electron chi connectivity index (χ3n) is 3.34. The van der Waals surface area contributed by atoms with Gasteiger partial charge in [0.15, 0.2) is 0 Å². The van der Waals surface area contributed by atoms with E-state index in [9.17, 15) is 14.7 Å².